The fraction of sp³-hybridized carbons (Fsp3) is 0.562. The van der Waals surface area contributed by atoms with Crippen molar-refractivity contribution in [1.82, 2.24) is 4.90 Å². The van der Waals surface area contributed by atoms with E-state index in [1.807, 2.05) is 37.4 Å². The molecule has 1 amide bonds. The molecule has 1 saturated heterocycles. The van der Waals surface area contributed by atoms with Gasteiger partial charge in [-0.3, -0.25) is 9.69 Å². The summed E-state index contributed by atoms with van der Waals surface area (Å²) >= 11 is 0. The van der Waals surface area contributed by atoms with Crippen LogP contribution in [0.15, 0.2) is 30.3 Å². The SMILES string of the molecule is CC1CCCN(CC(=O)N(C)c2ccccc2)C1CN. The van der Waals surface area contributed by atoms with Crippen molar-refractivity contribution in [2.45, 2.75) is 25.8 Å². The maximum atomic E-state index is 12.4. The van der Waals surface area contributed by atoms with Crippen LogP contribution in [-0.2, 0) is 4.79 Å². The van der Waals surface area contributed by atoms with Crippen molar-refractivity contribution in [2.24, 2.45) is 11.7 Å². The van der Waals surface area contributed by atoms with E-state index in [1.54, 1.807) is 4.90 Å². The van der Waals surface area contributed by atoms with Gasteiger partial charge >= 0.3 is 0 Å². The maximum Gasteiger partial charge on any atom is 0.240 e. The van der Waals surface area contributed by atoms with Crippen LogP contribution < -0.4 is 10.6 Å². The van der Waals surface area contributed by atoms with Crippen LogP contribution in [0.1, 0.15) is 19.8 Å². The number of amides is 1. The number of carbonyl (C=O) groups excluding carboxylic acids is 1. The fourth-order valence-electron chi connectivity index (χ4n) is 2.99. The second-order valence-corrected chi connectivity index (χ2v) is 5.68. The Kier molecular flexibility index (Phi) is 5.15. The Morgan fingerprint density at radius 2 is 2.10 bits per heavy atom. The average Bonchev–Trinajstić information content (AvgIpc) is 2.47. The molecule has 0 aliphatic carbocycles. The molecule has 4 nitrogen and oxygen atoms in total. The molecule has 1 aliphatic heterocycles. The number of anilines is 1. The summed E-state index contributed by atoms with van der Waals surface area (Å²) in [6.07, 6.45) is 2.36. The first kappa shape index (κ1) is 15.0. The lowest BCUT2D eigenvalue weighted by Gasteiger charge is -2.39. The van der Waals surface area contributed by atoms with Crippen LogP contribution in [0.3, 0.4) is 0 Å². The first-order valence-electron chi connectivity index (χ1n) is 7.39. The predicted octanol–water partition coefficient (Wildman–Crippen LogP) is 1.71. The van der Waals surface area contributed by atoms with Crippen LogP contribution in [0.25, 0.3) is 0 Å². The van der Waals surface area contributed by atoms with Crippen molar-refractivity contribution in [1.29, 1.82) is 0 Å². The molecule has 1 aromatic carbocycles. The third kappa shape index (κ3) is 3.38. The Labute approximate surface area is 121 Å². The summed E-state index contributed by atoms with van der Waals surface area (Å²) in [4.78, 5) is 16.4. The van der Waals surface area contributed by atoms with E-state index in [9.17, 15) is 4.79 Å². The molecule has 110 valence electrons. The molecule has 0 radical (unpaired) electrons. The van der Waals surface area contributed by atoms with Gasteiger partial charge in [0.05, 0.1) is 6.54 Å². The molecule has 1 heterocycles. The number of piperidine rings is 1. The molecule has 1 aromatic rings. The zero-order chi connectivity index (χ0) is 14.5. The van der Waals surface area contributed by atoms with Gasteiger partial charge in [-0.15, -0.1) is 0 Å². The zero-order valence-electron chi connectivity index (χ0n) is 12.5. The van der Waals surface area contributed by atoms with Gasteiger partial charge in [-0.25, -0.2) is 0 Å². The van der Waals surface area contributed by atoms with E-state index in [2.05, 4.69) is 11.8 Å². The molecule has 0 aromatic heterocycles. The van der Waals surface area contributed by atoms with Gasteiger partial charge in [0.25, 0.3) is 0 Å². The predicted molar refractivity (Wildman–Crippen MR) is 82.7 cm³/mol. The second kappa shape index (κ2) is 6.86. The molecule has 0 spiro atoms. The number of carbonyl (C=O) groups is 1. The average molecular weight is 275 g/mol. The molecule has 4 heteroatoms. The zero-order valence-corrected chi connectivity index (χ0v) is 12.5. The molecule has 2 rings (SSSR count). The molecule has 1 fully saturated rings. The first-order valence-corrected chi connectivity index (χ1v) is 7.39. The molecular formula is C16H25N3O. The standard InChI is InChI=1S/C16H25N3O/c1-13-7-6-10-19(15(13)11-17)12-16(20)18(2)14-8-4-3-5-9-14/h3-5,8-9,13,15H,6-7,10-12,17H2,1-2H3. The highest BCUT2D eigenvalue weighted by Gasteiger charge is 2.29. The number of hydrogen-bond acceptors (Lipinski definition) is 3. The van der Waals surface area contributed by atoms with Crippen molar-refractivity contribution in [3.05, 3.63) is 30.3 Å². The normalized spacial score (nSPS) is 23.6. The Morgan fingerprint density at radius 1 is 1.40 bits per heavy atom. The van der Waals surface area contributed by atoms with Crippen LogP contribution in [0.5, 0.6) is 0 Å². The van der Waals surface area contributed by atoms with Gasteiger partial charge in [-0.2, -0.15) is 0 Å². The highest BCUT2D eigenvalue weighted by atomic mass is 16.2. The number of likely N-dealkylation sites (tertiary alicyclic amines) is 1. The summed E-state index contributed by atoms with van der Waals surface area (Å²) in [5.41, 5.74) is 6.82. The van der Waals surface area contributed by atoms with Crippen molar-refractivity contribution in [2.75, 3.05) is 31.6 Å². The Morgan fingerprint density at radius 3 is 2.75 bits per heavy atom. The molecule has 0 saturated carbocycles. The minimum atomic E-state index is 0.128. The van der Waals surface area contributed by atoms with Crippen LogP contribution >= 0.6 is 0 Å². The monoisotopic (exact) mass is 275 g/mol. The van der Waals surface area contributed by atoms with Crippen LogP contribution in [0.2, 0.25) is 0 Å². The van der Waals surface area contributed by atoms with Gasteiger partial charge in [0.15, 0.2) is 0 Å². The summed E-state index contributed by atoms with van der Waals surface area (Å²) < 4.78 is 0. The highest BCUT2D eigenvalue weighted by molar-refractivity contribution is 5.94. The van der Waals surface area contributed by atoms with Crippen molar-refractivity contribution in [3.8, 4) is 0 Å². The molecule has 2 N–H and O–H groups in total. The Balaban J connectivity index is 2.00. The molecule has 20 heavy (non-hydrogen) atoms. The van der Waals surface area contributed by atoms with Gasteiger partial charge in [-0.05, 0) is 37.4 Å². The lowest BCUT2D eigenvalue weighted by Crippen LogP contribution is -2.52. The van der Waals surface area contributed by atoms with Crippen molar-refractivity contribution < 1.29 is 4.79 Å². The topological polar surface area (TPSA) is 49.6 Å². The van der Waals surface area contributed by atoms with Gasteiger partial charge in [0.1, 0.15) is 0 Å². The Hall–Kier alpha value is -1.39. The van der Waals surface area contributed by atoms with Crippen LogP contribution in [-0.4, -0.2) is 43.5 Å². The van der Waals surface area contributed by atoms with Crippen LogP contribution in [0, 0.1) is 5.92 Å². The maximum absolute atomic E-state index is 12.4. The van der Waals surface area contributed by atoms with E-state index in [-0.39, 0.29) is 5.91 Å². The number of likely N-dealkylation sites (N-methyl/N-ethyl adjacent to an activating group) is 1. The van der Waals surface area contributed by atoms with Crippen LogP contribution in [0.4, 0.5) is 5.69 Å². The van der Waals surface area contributed by atoms with E-state index < -0.39 is 0 Å². The number of rotatable bonds is 4. The second-order valence-electron chi connectivity index (χ2n) is 5.68. The Bertz CT molecular complexity index is 435. The van der Waals surface area contributed by atoms with E-state index in [0.29, 0.717) is 25.0 Å². The number of para-hydroxylation sites is 1. The van der Waals surface area contributed by atoms with Crippen molar-refractivity contribution >= 4 is 11.6 Å². The van der Waals surface area contributed by atoms with Gasteiger partial charge in [0, 0.05) is 25.3 Å². The number of nitrogens with two attached hydrogens (primary N) is 1. The summed E-state index contributed by atoms with van der Waals surface area (Å²) in [7, 11) is 1.84. The molecule has 1 aliphatic rings. The van der Waals surface area contributed by atoms with E-state index in [4.69, 9.17) is 5.73 Å². The number of hydrogen-bond donors (Lipinski definition) is 1. The van der Waals surface area contributed by atoms with E-state index in [0.717, 1.165) is 18.7 Å². The van der Waals surface area contributed by atoms with Gasteiger partial charge in [-0.1, -0.05) is 25.1 Å². The molecule has 2 atom stereocenters. The molecule has 2 unspecified atom stereocenters. The van der Waals surface area contributed by atoms with Crippen molar-refractivity contribution in [3.63, 3.8) is 0 Å². The summed E-state index contributed by atoms with van der Waals surface area (Å²) in [6, 6.07) is 10.1. The summed E-state index contributed by atoms with van der Waals surface area (Å²) in [6.45, 7) is 4.29. The quantitative estimate of drug-likeness (QED) is 0.910. The highest BCUT2D eigenvalue weighted by Crippen LogP contribution is 2.22. The molecule has 0 bridgehead atoms. The minimum absolute atomic E-state index is 0.128. The van der Waals surface area contributed by atoms with Gasteiger partial charge in [0.2, 0.25) is 5.91 Å². The van der Waals surface area contributed by atoms with E-state index >= 15 is 0 Å². The fourth-order valence-corrected chi connectivity index (χ4v) is 2.99. The third-order valence-corrected chi connectivity index (χ3v) is 4.33. The third-order valence-electron chi connectivity index (χ3n) is 4.33. The largest absolute Gasteiger partial charge is 0.329 e. The molecular weight excluding hydrogens is 250 g/mol. The number of nitrogens with zero attached hydrogens (tertiary/aromatic N) is 2. The van der Waals surface area contributed by atoms with E-state index in [1.165, 1.54) is 6.42 Å². The minimum Gasteiger partial charge on any atom is -0.329 e. The lowest BCUT2D eigenvalue weighted by molar-refractivity contribution is -0.120. The van der Waals surface area contributed by atoms with Gasteiger partial charge < -0.3 is 10.6 Å². The smallest absolute Gasteiger partial charge is 0.240 e. The lowest BCUT2D eigenvalue weighted by atomic mass is 9.91. The number of benzene rings is 1. The first-order chi connectivity index (χ1) is 9.63. The summed E-state index contributed by atoms with van der Waals surface area (Å²) in [5, 5.41) is 0. The summed E-state index contributed by atoms with van der Waals surface area (Å²) in [5.74, 6) is 0.701.